The molecule has 1 aromatic rings. The van der Waals surface area contributed by atoms with Crippen molar-refractivity contribution in [3.8, 4) is 5.75 Å². The Balaban J connectivity index is 2.14. The first-order valence-electron chi connectivity index (χ1n) is 5.83. The number of rotatable bonds is 3. The van der Waals surface area contributed by atoms with E-state index in [1.165, 1.54) is 18.7 Å². The molecule has 0 aromatic heterocycles. The van der Waals surface area contributed by atoms with Gasteiger partial charge < -0.3 is 10.1 Å². The van der Waals surface area contributed by atoms with Gasteiger partial charge in [-0.3, -0.25) is 14.4 Å². The van der Waals surface area contributed by atoms with E-state index < -0.39 is 17.9 Å². The molecule has 0 unspecified atom stereocenters. The summed E-state index contributed by atoms with van der Waals surface area (Å²) >= 11 is 1.22. The first-order chi connectivity index (χ1) is 9.08. The summed E-state index contributed by atoms with van der Waals surface area (Å²) in [6, 6.07) is 5.99. The van der Waals surface area contributed by atoms with E-state index in [1.807, 2.05) is 0 Å². The number of thioether (sulfide) groups is 1. The molecule has 0 bridgehead atoms. The highest BCUT2D eigenvalue weighted by Gasteiger charge is 2.27. The molecule has 100 valence electrons. The van der Waals surface area contributed by atoms with Crippen molar-refractivity contribution >= 4 is 28.8 Å². The van der Waals surface area contributed by atoms with Crippen LogP contribution in [0.1, 0.15) is 23.7 Å². The molecule has 1 atom stereocenters. The molecule has 6 heteroatoms. The van der Waals surface area contributed by atoms with Crippen LogP contribution >= 0.6 is 11.8 Å². The van der Waals surface area contributed by atoms with Crippen molar-refractivity contribution in [2.24, 2.45) is 0 Å². The van der Waals surface area contributed by atoms with Gasteiger partial charge in [-0.25, -0.2) is 0 Å². The number of amides is 1. The van der Waals surface area contributed by atoms with Gasteiger partial charge in [-0.1, -0.05) is 23.9 Å². The first kappa shape index (κ1) is 13.6. The van der Waals surface area contributed by atoms with Crippen molar-refractivity contribution in [3.05, 3.63) is 29.8 Å². The predicted octanol–water partition coefficient (Wildman–Crippen LogP) is 1.37. The molecule has 2 rings (SSSR count). The Morgan fingerprint density at radius 3 is 2.74 bits per heavy atom. The number of esters is 1. The van der Waals surface area contributed by atoms with Gasteiger partial charge in [0.2, 0.25) is 5.12 Å². The molecule has 1 aliphatic heterocycles. The topological polar surface area (TPSA) is 72.5 Å². The number of ether oxygens (including phenoxy) is 1. The van der Waals surface area contributed by atoms with Crippen LogP contribution in [0.3, 0.4) is 0 Å². The number of carbonyl (C=O) groups excluding carboxylic acids is 3. The highest BCUT2D eigenvalue weighted by Crippen LogP contribution is 2.22. The molecule has 19 heavy (non-hydrogen) atoms. The van der Waals surface area contributed by atoms with E-state index in [1.54, 1.807) is 24.3 Å². The lowest BCUT2D eigenvalue weighted by Gasteiger charge is -2.12. The third kappa shape index (κ3) is 3.35. The van der Waals surface area contributed by atoms with Crippen LogP contribution in [0.5, 0.6) is 5.75 Å². The third-order valence-electron chi connectivity index (χ3n) is 2.63. The minimum atomic E-state index is -0.493. The first-order valence-corrected chi connectivity index (χ1v) is 6.81. The smallest absolute Gasteiger partial charge is 0.308 e. The standard InChI is InChI=1S/C13H13NO4S/c1-8(15)18-11-5-3-2-4-9(11)12(16)14-10-6-7-19-13(10)17/h2-5,10H,6-7H2,1H3,(H,14,16)/t10-/m1/s1. The normalized spacial score (nSPS) is 18.2. The van der Waals surface area contributed by atoms with Crippen molar-refractivity contribution in [1.82, 2.24) is 5.32 Å². The Morgan fingerprint density at radius 2 is 2.11 bits per heavy atom. The Labute approximate surface area is 114 Å². The number of carbonyl (C=O) groups is 3. The SMILES string of the molecule is CC(=O)Oc1ccccc1C(=O)N[C@@H]1CCSC1=O. The van der Waals surface area contributed by atoms with Crippen molar-refractivity contribution in [2.45, 2.75) is 19.4 Å². The van der Waals surface area contributed by atoms with Crippen LogP contribution in [0.4, 0.5) is 0 Å². The zero-order valence-electron chi connectivity index (χ0n) is 10.3. The van der Waals surface area contributed by atoms with Crippen LogP contribution in [0.15, 0.2) is 24.3 Å². The van der Waals surface area contributed by atoms with Gasteiger partial charge in [0.25, 0.3) is 5.91 Å². The van der Waals surface area contributed by atoms with Gasteiger partial charge in [-0.15, -0.1) is 0 Å². The highest BCUT2D eigenvalue weighted by atomic mass is 32.2. The maximum absolute atomic E-state index is 12.1. The van der Waals surface area contributed by atoms with Crippen molar-refractivity contribution < 1.29 is 19.1 Å². The average molecular weight is 279 g/mol. The molecule has 1 aromatic carbocycles. The monoisotopic (exact) mass is 279 g/mol. The lowest BCUT2D eigenvalue weighted by atomic mass is 10.1. The fraction of sp³-hybridized carbons (Fsp3) is 0.308. The molecular formula is C13H13NO4S. The van der Waals surface area contributed by atoms with Gasteiger partial charge in [0, 0.05) is 12.7 Å². The van der Waals surface area contributed by atoms with E-state index in [-0.39, 0.29) is 16.4 Å². The molecule has 1 saturated heterocycles. The number of hydrogen-bond donors (Lipinski definition) is 1. The van der Waals surface area contributed by atoms with Crippen molar-refractivity contribution in [2.75, 3.05) is 5.75 Å². The van der Waals surface area contributed by atoms with Crippen molar-refractivity contribution in [3.63, 3.8) is 0 Å². The molecule has 0 aliphatic carbocycles. The number of para-hydroxylation sites is 1. The Bertz CT molecular complexity index is 529. The molecule has 1 fully saturated rings. The molecule has 1 N–H and O–H groups in total. The van der Waals surface area contributed by atoms with Crippen LogP contribution in [-0.4, -0.2) is 28.8 Å². The Hall–Kier alpha value is -1.82. The number of nitrogens with one attached hydrogen (secondary N) is 1. The maximum atomic E-state index is 12.1. The molecule has 0 radical (unpaired) electrons. The maximum Gasteiger partial charge on any atom is 0.308 e. The van der Waals surface area contributed by atoms with Gasteiger partial charge in [0.15, 0.2) is 0 Å². The van der Waals surface area contributed by atoms with E-state index in [9.17, 15) is 14.4 Å². The minimum absolute atomic E-state index is 0.0293. The Kier molecular flexibility index (Phi) is 4.21. The minimum Gasteiger partial charge on any atom is -0.426 e. The van der Waals surface area contributed by atoms with Gasteiger partial charge in [0.05, 0.1) is 11.6 Å². The molecular weight excluding hydrogens is 266 g/mol. The predicted molar refractivity (Wildman–Crippen MR) is 71.1 cm³/mol. The quantitative estimate of drug-likeness (QED) is 0.668. The van der Waals surface area contributed by atoms with Crippen LogP contribution in [-0.2, 0) is 9.59 Å². The summed E-state index contributed by atoms with van der Waals surface area (Å²) in [6.45, 7) is 1.27. The lowest BCUT2D eigenvalue weighted by Crippen LogP contribution is -2.37. The summed E-state index contributed by atoms with van der Waals surface area (Å²) in [4.78, 5) is 34.5. The van der Waals surface area contributed by atoms with E-state index >= 15 is 0 Å². The van der Waals surface area contributed by atoms with E-state index in [0.29, 0.717) is 6.42 Å². The Morgan fingerprint density at radius 1 is 1.37 bits per heavy atom. The van der Waals surface area contributed by atoms with Gasteiger partial charge in [0.1, 0.15) is 5.75 Å². The number of hydrogen-bond acceptors (Lipinski definition) is 5. The van der Waals surface area contributed by atoms with Crippen LogP contribution < -0.4 is 10.1 Å². The highest BCUT2D eigenvalue weighted by molar-refractivity contribution is 8.14. The molecule has 0 spiro atoms. The zero-order chi connectivity index (χ0) is 13.8. The molecule has 1 heterocycles. The number of benzene rings is 1. The molecule has 1 aliphatic rings. The van der Waals surface area contributed by atoms with E-state index in [2.05, 4.69) is 5.32 Å². The second-order valence-electron chi connectivity index (χ2n) is 4.07. The second kappa shape index (κ2) is 5.88. The second-order valence-corrected chi connectivity index (χ2v) is 5.17. The fourth-order valence-electron chi connectivity index (χ4n) is 1.76. The van der Waals surface area contributed by atoms with E-state index in [4.69, 9.17) is 4.74 Å². The van der Waals surface area contributed by atoms with Crippen LogP contribution in [0.25, 0.3) is 0 Å². The van der Waals surface area contributed by atoms with Gasteiger partial charge in [-0.2, -0.15) is 0 Å². The van der Waals surface area contributed by atoms with E-state index in [0.717, 1.165) is 5.75 Å². The third-order valence-corrected chi connectivity index (χ3v) is 3.63. The van der Waals surface area contributed by atoms with Gasteiger partial charge >= 0.3 is 5.97 Å². The molecule has 1 amide bonds. The lowest BCUT2D eigenvalue weighted by molar-refractivity contribution is -0.131. The largest absolute Gasteiger partial charge is 0.426 e. The summed E-state index contributed by atoms with van der Waals surface area (Å²) < 4.78 is 4.97. The fourth-order valence-corrected chi connectivity index (χ4v) is 2.69. The van der Waals surface area contributed by atoms with Crippen LogP contribution in [0.2, 0.25) is 0 Å². The van der Waals surface area contributed by atoms with Crippen LogP contribution in [0, 0.1) is 0 Å². The van der Waals surface area contributed by atoms with Crippen molar-refractivity contribution in [1.29, 1.82) is 0 Å². The molecule has 5 nitrogen and oxygen atoms in total. The zero-order valence-corrected chi connectivity index (χ0v) is 11.2. The summed E-state index contributed by atoms with van der Waals surface area (Å²) in [7, 11) is 0. The summed E-state index contributed by atoms with van der Waals surface area (Å²) in [5.74, 6) is 0.0195. The molecule has 0 saturated carbocycles. The average Bonchev–Trinajstić information content (AvgIpc) is 2.75. The summed E-state index contributed by atoms with van der Waals surface area (Å²) in [5.41, 5.74) is 0.252. The summed E-state index contributed by atoms with van der Waals surface area (Å²) in [5, 5.41) is 2.63. The van der Waals surface area contributed by atoms with Gasteiger partial charge in [-0.05, 0) is 18.6 Å². The summed E-state index contributed by atoms with van der Waals surface area (Å²) in [6.07, 6.45) is 0.630.